The van der Waals surface area contributed by atoms with Gasteiger partial charge in [0, 0.05) is 24.5 Å². The number of aromatic hydroxyl groups is 2. The van der Waals surface area contributed by atoms with Crippen LogP contribution in [-0.4, -0.2) is 22.5 Å². The fraction of sp³-hybridized carbons (Fsp3) is 0.105. The number of anilines is 1. The Hall–Kier alpha value is -3.01. The summed E-state index contributed by atoms with van der Waals surface area (Å²) in [4.78, 5) is 14.3. The maximum absolute atomic E-state index is 12.1. The van der Waals surface area contributed by atoms with E-state index in [1.165, 1.54) is 18.2 Å². The second-order valence-electron chi connectivity index (χ2n) is 5.36. The summed E-state index contributed by atoms with van der Waals surface area (Å²) >= 11 is 0. The van der Waals surface area contributed by atoms with Crippen molar-refractivity contribution in [2.75, 3.05) is 11.4 Å². The summed E-state index contributed by atoms with van der Waals surface area (Å²) in [5.41, 5.74) is 2.19. The monoisotopic (exact) mass is 307 g/mol. The molecule has 4 heteroatoms. The number of carbonyl (C=O) groups excluding carboxylic acids is 1. The van der Waals surface area contributed by atoms with Gasteiger partial charge in [0.05, 0.1) is 5.56 Å². The first-order chi connectivity index (χ1) is 11.1. The van der Waals surface area contributed by atoms with Crippen LogP contribution in [0.4, 0.5) is 5.69 Å². The van der Waals surface area contributed by atoms with E-state index >= 15 is 0 Å². The Morgan fingerprint density at radius 3 is 2.52 bits per heavy atom. The average Bonchev–Trinajstić information content (AvgIpc) is 3.07. The minimum Gasteiger partial charge on any atom is -0.508 e. The SMILES string of the molecule is O=C(C=Cc1ccc(N2C=CCC2)cc1)c1ccc(O)cc1O. The van der Waals surface area contributed by atoms with Gasteiger partial charge in [0.2, 0.25) is 0 Å². The molecule has 4 nitrogen and oxygen atoms in total. The summed E-state index contributed by atoms with van der Waals surface area (Å²) in [6.45, 7) is 0.994. The molecule has 0 unspecified atom stereocenters. The highest BCUT2D eigenvalue weighted by Crippen LogP contribution is 2.24. The Bertz CT molecular complexity index is 776. The third kappa shape index (κ3) is 3.43. The first kappa shape index (κ1) is 14.9. The molecule has 3 rings (SSSR count). The van der Waals surface area contributed by atoms with Crippen molar-refractivity contribution in [1.29, 1.82) is 0 Å². The lowest BCUT2D eigenvalue weighted by Crippen LogP contribution is -2.11. The Morgan fingerprint density at radius 2 is 1.87 bits per heavy atom. The van der Waals surface area contributed by atoms with Gasteiger partial charge in [-0.05, 0) is 42.3 Å². The zero-order valence-corrected chi connectivity index (χ0v) is 12.5. The van der Waals surface area contributed by atoms with Crippen LogP contribution >= 0.6 is 0 Å². The number of rotatable bonds is 4. The molecule has 23 heavy (non-hydrogen) atoms. The highest BCUT2D eigenvalue weighted by atomic mass is 16.3. The van der Waals surface area contributed by atoms with Crippen molar-refractivity contribution in [3.63, 3.8) is 0 Å². The van der Waals surface area contributed by atoms with E-state index in [1.807, 2.05) is 24.3 Å². The lowest BCUT2D eigenvalue weighted by molar-refractivity contribution is 0.104. The van der Waals surface area contributed by atoms with Gasteiger partial charge in [-0.25, -0.2) is 0 Å². The van der Waals surface area contributed by atoms with Gasteiger partial charge >= 0.3 is 0 Å². The smallest absolute Gasteiger partial charge is 0.189 e. The first-order valence-electron chi connectivity index (χ1n) is 7.41. The molecule has 2 aromatic carbocycles. The summed E-state index contributed by atoms with van der Waals surface area (Å²) in [5.74, 6) is -0.612. The van der Waals surface area contributed by atoms with E-state index in [1.54, 1.807) is 6.08 Å². The molecule has 116 valence electrons. The summed E-state index contributed by atoms with van der Waals surface area (Å²) in [7, 11) is 0. The van der Waals surface area contributed by atoms with Crippen molar-refractivity contribution in [3.8, 4) is 11.5 Å². The van der Waals surface area contributed by atoms with E-state index < -0.39 is 0 Å². The predicted octanol–water partition coefficient (Wildman–Crippen LogP) is 3.72. The highest BCUT2D eigenvalue weighted by Gasteiger charge is 2.09. The average molecular weight is 307 g/mol. The van der Waals surface area contributed by atoms with Crippen molar-refractivity contribution in [3.05, 3.63) is 71.9 Å². The summed E-state index contributed by atoms with van der Waals surface area (Å²) in [6, 6.07) is 11.8. The van der Waals surface area contributed by atoms with E-state index in [4.69, 9.17) is 0 Å². The molecular weight excluding hydrogens is 290 g/mol. The zero-order valence-electron chi connectivity index (χ0n) is 12.5. The normalized spacial score (nSPS) is 13.8. The van der Waals surface area contributed by atoms with Crippen molar-refractivity contribution in [2.24, 2.45) is 0 Å². The van der Waals surface area contributed by atoms with Crippen LogP contribution in [0.15, 0.2) is 60.8 Å². The number of phenols is 2. The van der Waals surface area contributed by atoms with E-state index in [-0.39, 0.29) is 22.8 Å². The van der Waals surface area contributed by atoms with Crippen LogP contribution in [0.3, 0.4) is 0 Å². The fourth-order valence-electron chi connectivity index (χ4n) is 2.47. The molecule has 0 fully saturated rings. The molecule has 1 aliphatic rings. The van der Waals surface area contributed by atoms with E-state index in [0.29, 0.717) is 0 Å². The third-order valence-electron chi connectivity index (χ3n) is 3.72. The third-order valence-corrected chi connectivity index (χ3v) is 3.72. The maximum atomic E-state index is 12.1. The van der Waals surface area contributed by atoms with E-state index in [9.17, 15) is 15.0 Å². The largest absolute Gasteiger partial charge is 0.508 e. The van der Waals surface area contributed by atoms with Crippen LogP contribution in [-0.2, 0) is 0 Å². The number of hydrogen-bond donors (Lipinski definition) is 2. The zero-order chi connectivity index (χ0) is 16.2. The van der Waals surface area contributed by atoms with Gasteiger partial charge in [0.15, 0.2) is 5.78 Å². The minimum absolute atomic E-state index is 0.0745. The number of carbonyl (C=O) groups is 1. The van der Waals surface area contributed by atoms with Crippen molar-refractivity contribution < 1.29 is 15.0 Å². The molecule has 0 bridgehead atoms. The summed E-state index contributed by atoms with van der Waals surface area (Å²) in [6.07, 6.45) is 8.39. The van der Waals surface area contributed by atoms with Gasteiger partial charge in [-0.15, -0.1) is 0 Å². The lowest BCUT2D eigenvalue weighted by atomic mass is 10.1. The van der Waals surface area contributed by atoms with Crippen LogP contribution in [0.25, 0.3) is 6.08 Å². The lowest BCUT2D eigenvalue weighted by Gasteiger charge is -2.15. The van der Waals surface area contributed by atoms with Gasteiger partial charge < -0.3 is 15.1 Å². The number of nitrogens with zero attached hydrogens (tertiary/aromatic N) is 1. The first-order valence-corrected chi connectivity index (χ1v) is 7.41. The maximum Gasteiger partial charge on any atom is 0.189 e. The van der Waals surface area contributed by atoms with Crippen LogP contribution in [0.5, 0.6) is 11.5 Å². The molecule has 0 aromatic heterocycles. The van der Waals surface area contributed by atoms with Crippen molar-refractivity contribution in [1.82, 2.24) is 0 Å². The summed E-state index contributed by atoms with van der Waals surface area (Å²) in [5, 5.41) is 18.9. The van der Waals surface area contributed by atoms with Crippen LogP contribution < -0.4 is 4.90 Å². The highest BCUT2D eigenvalue weighted by molar-refractivity contribution is 6.08. The number of benzene rings is 2. The van der Waals surface area contributed by atoms with Gasteiger partial charge in [-0.2, -0.15) is 0 Å². The molecule has 0 saturated heterocycles. The Labute approximate surface area is 134 Å². The van der Waals surface area contributed by atoms with E-state index in [2.05, 4.69) is 17.2 Å². The van der Waals surface area contributed by atoms with Crippen LogP contribution in [0, 0.1) is 0 Å². The van der Waals surface area contributed by atoms with Crippen molar-refractivity contribution in [2.45, 2.75) is 6.42 Å². The second-order valence-corrected chi connectivity index (χ2v) is 5.36. The van der Waals surface area contributed by atoms with Crippen LogP contribution in [0.1, 0.15) is 22.3 Å². The van der Waals surface area contributed by atoms with Gasteiger partial charge in [-0.3, -0.25) is 4.79 Å². The van der Waals surface area contributed by atoms with Gasteiger partial charge in [0.1, 0.15) is 11.5 Å². The molecule has 0 aliphatic carbocycles. The second kappa shape index (κ2) is 6.40. The fourth-order valence-corrected chi connectivity index (χ4v) is 2.47. The molecule has 2 aromatic rings. The predicted molar refractivity (Wildman–Crippen MR) is 90.7 cm³/mol. The standard InChI is InChI=1S/C19H17NO3/c21-16-8-9-17(19(23)13-16)18(22)10-5-14-3-6-15(7-4-14)20-11-1-2-12-20/h1,3-11,13,21,23H,2,12H2. The molecule has 1 aliphatic heterocycles. The van der Waals surface area contributed by atoms with Crippen LogP contribution in [0.2, 0.25) is 0 Å². The molecule has 0 saturated carbocycles. The van der Waals surface area contributed by atoms with Gasteiger partial charge in [-0.1, -0.05) is 24.3 Å². The van der Waals surface area contributed by atoms with E-state index in [0.717, 1.165) is 30.3 Å². The molecule has 0 amide bonds. The Morgan fingerprint density at radius 1 is 1.09 bits per heavy atom. The molecule has 1 heterocycles. The molecule has 0 atom stereocenters. The molecule has 0 spiro atoms. The number of ketones is 1. The van der Waals surface area contributed by atoms with Crippen molar-refractivity contribution >= 4 is 17.5 Å². The molecule has 0 radical (unpaired) electrons. The molecule has 2 N–H and O–H groups in total. The molecular formula is C19H17NO3. The minimum atomic E-state index is -0.311. The number of phenolic OH excluding ortho intramolecular Hbond substituents is 2. The van der Waals surface area contributed by atoms with Gasteiger partial charge in [0.25, 0.3) is 0 Å². The summed E-state index contributed by atoms with van der Waals surface area (Å²) < 4.78 is 0. The Kier molecular flexibility index (Phi) is 4.15. The number of hydrogen-bond acceptors (Lipinski definition) is 4. The quantitative estimate of drug-likeness (QED) is 0.667. The number of allylic oxidation sites excluding steroid dienone is 1. The Balaban J connectivity index is 1.71. The topological polar surface area (TPSA) is 60.8 Å².